The van der Waals surface area contributed by atoms with E-state index in [0.717, 1.165) is 41.4 Å². The van der Waals surface area contributed by atoms with Gasteiger partial charge in [0.05, 0.1) is 0 Å². The summed E-state index contributed by atoms with van der Waals surface area (Å²) >= 11 is 0. The van der Waals surface area contributed by atoms with E-state index in [1.807, 2.05) is 5.57 Å². The maximum absolute atomic E-state index is 2.77. The third kappa shape index (κ3) is 7.78. The summed E-state index contributed by atoms with van der Waals surface area (Å²) in [4.78, 5) is 0. The Labute approximate surface area is 246 Å². The molecule has 0 aromatic carbocycles. The topological polar surface area (TPSA) is 0 Å². The van der Waals surface area contributed by atoms with Crippen molar-refractivity contribution >= 4 is 0 Å². The quantitative estimate of drug-likeness (QED) is 0.135. The number of hydrogen-bond acceptors (Lipinski definition) is 0. The average Bonchev–Trinajstić information content (AvgIpc) is 3.26. The van der Waals surface area contributed by atoms with Gasteiger partial charge in [0, 0.05) is 0 Å². The van der Waals surface area contributed by atoms with E-state index in [0.29, 0.717) is 10.8 Å². The lowest BCUT2D eigenvalue weighted by Gasteiger charge is -2.58. The van der Waals surface area contributed by atoms with Gasteiger partial charge in [-0.1, -0.05) is 143 Å². The molecular formula is C39H70. The molecule has 0 bridgehead atoms. The number of rotatable bonds is 16. The third-order valence-corrected chi connectivity index (χ3v) is 13.3. The van der Waals surface area contributed by atoms with E-state index < -0.39 is 0 Å². The first-order valence-corrected chi connectivity index (χ1v) is 18.4. The molecule has 0 spiro atoms. The van der Waals surface area contributed by atoms with Crippen molar-refractivity contribution in [3.05, 3.63) is 11.6 Å². The Kier molecular flexibility index (Phi) is 12.0. The number of hydrogen-bond donors (Lipinski definition) is 0. The first kappa shape index (κ1) is 31.7. The fourth-order valence-electron chi connectivity index (χ4n) is 10.8. The Morgan fingerprint density at radius 3 is 1.90 bits per heavy atom. The minimum Gasteiger partial charge on any atom is -0.0845 e. The zero-order valence-electron chi connectivity index (χ0n) is 27.7. The molecule has 39 heavy (non-hydrogen) atoms. The molecule has 4 unspecified atom stereocenters. The zero-order valence-corrected chi connectivity index (χ0v) is 27.7. The molecule has 0 aromatic heterocycles. The van der Waals surface area contributed by atoms with Crippen LogP contribution in [0.25, 0.3) is 0 Å². The van der Waals surface area contributed by atoms with E-state index in [1.165, 1.54) is 135 Å². The predicted octanol–water partition coefficient (Wildman–Crippen LogP) is 13.0. The Hall–Kier alpha value is -0.260. The first-order valence-electron chi connectivity index (χ1n) is 18.4. The highest BCUT2D eigenvalue weighted by Crippen LogP contribution is 2.67. The Morgan fingerprint density at radius 1 is 0.692 bits per heavy atom. The van der Waals surface area contributed by atoms with E-state index in [2.05, 4.69) is 47.6 Å². The number of allylic oxidation sites excluding steroid dienone is 2. The second-order valence-electron chi connectivity index (χ2n) is 16.5. The Bertz CT molecular complexity index is 745. The fourth-order valence-corrected chi connectivity index (χ4v) is 10.8. The summed E-state index contributed by atoms with van der Waals surface area (Å²) in [6.07, 6.45) is 35.4. The van der Waals surface area contributed by atoms with Gasteiger partial charge in [-0.2, -0.15) is 0 Å². The normalized spacial score (nSPS) is 36.8. The summed E-state index contributed by atoms with van der Waals surface area (Å²) in [7, 11) is 0. The summed E-state index contributed by atoms with van der Waals surface area (Å²) in [5.41, 5.74) is 3.06. The Morgan fingerprint density at radius 2 is 1.28 bits per heavy atom. The third-order valence-electron chi connectivity index (χ3n) is 13.3. The van der Waals surface area contributed by atoms with Crippen molar-refractivity contribution in [1.29, 1.82) is 0 Å². The van der Waals surface area contributed by atoms with Gasteiger partial charge in [-0.25, -0.2) is 0 Å². The van der Waals surface area contributed by atoms with Crippen LogP contribution in [0.1, 0.15) is 183 Å². The minimum atomic E-state index is 0.549. The van der Waals surface area contributed by atoms with Gasteiger partial charge in [0.15, 0.2) is 0 Å². The molecule has 226 valence electrons. The van der Waals surface area contributed by atoms with E-state index >= 15 is 0 Å². The minimum absolute atomic E-state index is 0.549. The smallest absolute Gasteiger partial charge is 0.00851 e. The summed E-state index contributed by atoms with van der Waals surface area (Å²) in [5.74, 6) is 6.75. The van der Waals surface area contributed by atoms with Crippen LogP contribution < -0.4 is 0 Å². The summed E-state index contributed by atoms with van der Waals surface area (Å²) in [6.45, 7) is 15.3. The van der Waals surface area contributed by atoms with Crippen LogP contribution in [0.2, 0.25) is 0 Å². The molecule has 0 saturated heterocycles. The van der Waals surface area contributed by atoms with Crippen molar-refractivity contribution in [3.8, 4) is 0 Å². The highest BCUT2D eigenvalue weighted by Gasteiger charge is 2.58. The van der Waals surface area contributed by atoms with Crippen LogP contribution >= 0.6 is 0 Å². The van der Waals surface area contributed by atoms with E-state index in [4.69, 9.17) is 0 Å². The fraction of sp³-hybridized carbons (Fsp3) is 0.949. The van der Waals surface area contributed by atoms with Gasteiger partial charge in [-0.3, -0.25) is 0 Å². The molecule has 4 aliphatic carbocycles. The molecule has 0 amide bonds. The van der Waals surface area contributed by atoms with Crippen LogP contribution in [0.4, 0.5) is 0 Å². The second-order valence-corrected chi connectivity index (χ2v) is 16.5. The molecule has 0 aliphatic heterocycles. The van der Waals surface area contributed by atoms with Crippen molar-refractivity contribution < 1.29 is 0 Å². The SMILES string of the molecule is CC(C)CCCCCCCCCCCCCC[C@@H](C)C1CC[C@H]2[C@@H]3CC=C4C[C@@H](C)CCC4(C)C3CCC12C. The van der Waals surface area contributed by atoms with Crippen LogP contribution in [-0.2, 0) is 0 Å². The molecule has 0 N–H and O–H groups in total. The predicted molar refractivity (Wildman–Crippen MR) is 173 cm³/mol. The van der Waals surface area contributed by atoms with Crippen LogP contribution in [0.5, 0.6) is 0 Å². The van der Waals surface area contributed by atoms with Gasteiger partial charge in [0.2, 0.25) is 0 Å². The number of unbranched alkanes of at least 4 members (excludes halogenated alkanes) is 11. The van der Waals surface area contributed by atoms with Crippen molar-refractivity contribution in [3.63, 3.8) is 0 Å². The van der Waals surface area contributed by atoms with Gasteiger partial charge in [-0.15, -0.1) is 0 Å². The highest BCUT2D eigenvalue weighted by atomic mass is 14.6. The molecule has 4 rings (SSSR count). The van der Waals surface area contributed by atoms with Crippen LogP contribution in [0.15, 0.2) is 11.6 Å². The van der Waals surface area contributed by atoms with Crippen LogP contribution in [-0.4, -0.2) is 0 Å². The molecule has 0 heteroatoms. The average molecular weight is 539 g/mol. The largest absolute Gasteiger partial charge is 0.0845 e. The molecule has 0 nitrogen and oxygen atoms in total. The van der Waals surface area contributed by atoms with Crippen molar-refractivity contribution in [2.24, 2.45) is 52.3 Å². The van der Waals surface area contributed by atoms with Crippen molar-refractivity contribution in [2.75, 3.05) is 0 Å². The van der Waals surface area contributed by atoms with Gasteiger partial charge < -0.3 is 0 Å². The van der Waals surface area contributed by atoms with E-state index in [9.17, 15) is 0 Å². The second kappa shape index (κ2) is 14.8. The standard InChI is InChI=1S/C39H70/c1-30(2)19-17-15-13-11-9-7-8-10-12-14-16-18-20-32(4)35-23-24-36-34-22-21-33-29-31(3)25-27-38(33,5)37(34)26-28-39(35,36)6/h21,30-32,34-37H,7-20,22-29H2,1-6H3/t31-,32+,34-,35?,36-,37?,38?,39?/m0/s1. The van der Waals surface area contributed by atoms with Gasteiger partial charge in [0.25, 0.3) is 0 Å². The number of fused-ring (bicyclic) bond motifs is 5. The van der Waals surface area contributed by atoms with Gasteiger partial charge >= 0.3 is 0 Å². The Balaban J connectivity index is 1.10. The molecule has 0 radical (unpaired) electrons. The highest BCUT2D eigenvalue weighted by molar-refractivity contribution is 5.25. The van der Waals surface area contributed by atoms with Crippen molar-refractivity contribution in [1.82, 2.24) is 0 Å². The zero-order chi connectivity index (χ0) is 27.9. The molecular weight excluding hydrogens is 468 g/mol. The lowest BCUT2D eigenvalue weighted by atomic mass is 9.46. The van der Waals surface area contributed by atoms with E-state index in [-0.39, 0.29) is 0 Å². The monoisotopic (exact) mass is 539 g/mol. The molecule has 3 saturated carbocycles. The van der Waals surface area contributed by atoms with Gasteiger partial charge in [0.1, 0.15) is 0 Å². The summed E-state index contributed by atoms with van der Waals surface area (Å²) in [5, 5.41) is 0. The van der Waals surface area contributed by atoms with Gasteiger partial charge in [-0.05, 0) is 104 Å². The summed E-state index contributed by atoms with van der Waals surface area (Å²) in [6, 6.07) is 0. The maximum Gasteiger partial charge on any atom is -0.00851 e. The lowest BCUT2D eigenvalue weighted by molar-refractivity contribution is -0.0522. The molecule has 0 heterocycles. The summed E-state index contributed by atoms with van der Waals surface area (Å²) < 4.78 is 0. The van der Waals surface area contributed by atoms with E-state index in [1.54, 1.807) is 6.42 Å². The van der Waals surface area contributed by atoms with Crippen molar-refractivity contribution in [2.45, 2.75) is 183 Å². The molecule has 0 aromatic rings. The first-order chi connectivity index (χ1) is 18.8. The molecule has 4 aliphatic rings. The van der Waals surface area contributed by atoms with Crippen LogP contribution in [0, 0.1) is 52.3 Å². The molecule has 8 atom stereocenters. The maximum atomic E-state index is 2.77. The lowest BCUT2D eigenvalue weighted by Crippen LogP contribution is -2.50. The van der Waals surface area contributed by atoms with Crippen LogP contribution in [0.3, 0.4) is 0 Å². The molecule has 3 fully saturated rings.